The summed E-state index contributed by atoms with van der Waals surface area (Å²) in [6, 6.07) is 9.34. The molecule has 0 saturated heterocycles. The Hall–Kier alpha value is -0.820. The quantitative estimate of drug-likeness (QED) is 0.775. The van der Waals surface area contributed by atoms with Crippen LogP contribution in [0.4, 0.5) is 0 Å². The SMILES string of the molecule is CCC(C)C(C)NCc1ccc(C)cc1. The van der Waals surface area contributed by atoms with Gasteiger partial charge < -0.3 is 5.32 Å². The lowest BCUT2D eigenvalue weighted by molar-refractivity contribution is 0.389. The first-order valence-corrected chi connectivity index (χ1v) is 5.92. The van der Waals surface area contributed by atoms with Gasteiger partial charge >= 0.3 is 0 Å². The number of rotatable bonds is 5. The molecule has 0 bridgehead atoms. The van der Waals surface area contributed by atoms with Gasteiger partial charge in [-0.2, -0.15) is 0 Å². The van der Waals surface area contributed by atoms with Gasteiger partial charge in [-0.05, 0) is 25.3 Å². The van der Waals surface area contributed by atoms with E-state index in [1.165, 1.54) is 17.5 Å². The molecule has 2 unspecified atom stereocenters. The van der Waals surface area contributed by atoms with Crippen LogP contribution in [0.25, 0.3) is 0 Å². The van der Waals surface area contributed by atoms with Crippen LogP contribution in [0, 0.1) is 12.8 Å². The fourth-order valence-electron chi connectivity index (χ4n) is 1.54. The average molecular weight is 205 g/mol. The molecule has 1 aromatic rings. The van der Waals surface area contributed by atoms with Crippen LogP contribution >= 0.6 is 0 Å². The van der Waals surface area contributed by atoms with Gasteiger partial charge in [-0.3, -0.25) is 0 Å². The second kappa shape index (κ2) is 5.92. The topological polar surface area (TPSA) is 12.0 Å². The molecular formula is C14H23N. The molecule has 1 nitrogen and oxygen atoms in total. The molecule has 0 fully saturated rings. The Bertz CT molecular complexity index is 276. The Morgan fingerprint density at radius 1 is 1.13 bits per heavy atom. The van der Waals surface area contributed by atoms with Gasteiger partial charge in [0.2, 0.25) is 0 Å². The van der Waals surface area contributed by atoms with Gasteiger partial charge in [-0.25, -0.2) is 0 Å². The Kier molecular flexibility index (Phi) is 4.83. The van der Waals surface area contributed by atoms with E-state index in [9.17, 15) is 0 Å². The summed E-state index contributed by atoms with van der Waals surface area (Å²) in [5.41, 5.74) is 2.70. The van der Waals surface area contributed by atoms with Crippen LogP contribution < -0.4 is 5.32 Å². The Morgan fingerprint density at radius 2 is 1.73 bits per heavy atom. The molecule has 0 aromatic heterocycles. The summed E-state index contributed by atoms with van der Waals surface area (Å²) in [6.07, 6.45) is 1.24. The van der Waals surface area contributed by atoms with E-state index in [1.54, 1.807) is 0 Å². The van der Waals surface area contributed by atoms with Crippen LogP contribution in [0.5, 0.6) is 0 Å². The molecule has 1 aromatic carbocycles. The molecule has 0 spiro atoms. The molecule has 0 aliphatic rings. The molecule has 0 aliphatic carbocycles. The van der Waals surface area contributed by atoms with E-state index in [-0.39, 0.29) is 0 Å². The summed E-state index contributed by atoms with van der Waals surface area (Å²) < 4.78 is 0. The second-order valence-electron chi connectivity index (χ2n) is 4.54. The fourth-order valence-corrected chi connectivity index (χ4v) is 1.54. The van der Waals surface area contributed by atoms with Crippen LogP contribution in [0.3, 0.4) is 0 Å². The van der Waals surface area contributed by atoms with E-state index >= 15 is 0 Å². The predicted octanol–water partition coefficient (Wildman–Crippen LogP) is 3.52. The zero-order valence-corrected chi connectivity index (χ0v) is 10.4. The smallest absolute Gasteiger partial charge is 0.0208 e. The van der Waals surface area contributed by atoms with Crippen LogP contribution in [-0.4, -0.2) is 6.04 Å². The number of aryl methyl sites for hydroxylation is 1. The maximum absolute atomic E-state index is 3.57. The average Bonchev–Trinajstić information content (AvgIpc) is 2.26. The van der Waals surface area contributed by atoms with Crippen molar-refractivity contribution in [2.45, 2.75) is 46.7 Å². The highest BCUT2D eigenvalue weighted by atomic mass is 14.9. The number of hydrogen-bond acceptors (Lipinski definition) is 1. The number of benzene rings is 1. The van der Waals surface area contributed by atoms with Crippen molar-refractivity contribution in [2.75, 3.05) is 0 Å². The minimum Gasteiger partial charge on any atom is -0.310 e. The highest BCUT2D eigenvalue weighted by Crippen LogP contribution is 2.08. The van der Waals surface area contributed by atoms with Gasteiger partial charge in [0.15, 0.2) is 0 Å². The van der Waals surface area contributed by atoms with Crippen molar-refractivity contribution in [1.82, 2.24) is 5.32 Å². The Morgan fingerprint density at radius 3 is 2.27 bits per heavy atom. The summed E-state index contributed by atoms with van der Waals surface area (Å²) >= 11 is 0. The first-order chi connectivity index (χ1) is 7.13. The van der Waals surface area contributed by atoms with E-state index in [1.807, 2.05) is 0 Å². The molecule has 1 rings (SSSR count). The van der Waals surface area contributed by atoms with E-state index in [0.29, 0.717) is 6.04 Å². The van der Waals surface area contributed by atoms with Crippen molar-refractivity contribution < 1.29 is 0 Å². The van der Waals surface area contributed by atoms with Crippen molar-refractivity contribution in [3.05, 3.63) is 35.4 Å². The molecule has 0 saturated carbocycles. The molecule has 1 heteroatoms. The summed E-state index contributed by atoms with van der Waals surface area (Å²) in [6.45, 7) is 9.91. The maximum atomic E-state index is 3.57. The molecule has 2 atom stereocenters. The van der Waals surface area contributed by atoms with Crippen molar-refractivity contribution in [1.29, 1.82) is 0 Å². The largest absolute Gasteiger partial charge is 0.310 e. The third kappa shape index (κ3) is 4.05. The summed E-state index contributed by atoms with van der Waals surface area (Å²) in [4.78, 5) is 0. The predicted molar refractivity (Wildman–Crippen MR) is 66.9 cm³/mol. The number of nitrogens with one attached hydrogen (secondary N) is 1. The summed E-state index contributed by atoms with van der Waals surface area (Å²) in [7, 11) is 0. The monoisotopic (exact) mass is 205 g/mol. The van der Waals surface area contributed by atoms with Crippen LogP contribution in [0.2, 0.25) is 0 Å². The molecule has 0 amide bonds. The molecule has 0 aliphatic heterocycles. The van der Waals surface area contributed by atoms with E-state index in [2.05, 4.69) is 57.3 Å². The van der Waals surface area contributed by atoms with Gasteiger partial charge in [-0.15, -0.1) is 0 Å². The number of hydrogen-bond donors (Lipinski definition) is 1. The van der Waals surface area contributed by atoms with Gasteiger partial charge in [0, 0.05) is 12.6 Å². The third-order valence-corrected chi connectivity index (χ3v) is 3.25. The van der Waals surface area contributed by atoms with Crippen molar-refractivity contribution in [2.24, 2.45) is 5.92 Å². The molecule has 1 N–H and O–H groups in total. The zero-order chi connectivity index (χ0) is 11.3. The fraction of sp³-hybridized carbons (Fsp3) is 0.571. The van der Waals surface area contributed by atoms with E-state index in [0.717, 1.165) is 12.5 Å². The van der Waals surface area contributed by atoms with Crippen molar-refractivity contribution in [3.63, 3.8) is 0 Å². The van der Waals surface area contributed by atoms with E-state index < -0.39 is 0 Å². The standard InChI is InChI=1S/C14H23N/c1-5-12(3)13(4)15-10-14-8-6-11(2)7-9-14/h6-9,12-13,15H,5,10H2,1-4H3. The lowest BCUT2D eigenvalue weighted by Gasteiger charge is -2.19. The minimum atomic E-state index is 0.594. The van der Waals surface area contributed by atoms with Gasteiger partial charge in [-0.1, -0.05) is 50.1 Å². The van der Waals surface area contributed by atoms with Crippen molar-refractivity contribution in [3.8, 4) is 0 Å². The zero-order valence-electron chi connectivity index (χ0n) is 10.4. The molecule has 15 heavy (non-hydrogen) atoms. The van der Waals surface area contributed by atoms with E-state index in [4.69, 9.17) is 0 Å². The second-order valence-corrected chi connectivity index (χ2v) is 4.54. The lowest BCUT2D eigenvalue weighted by atomic mass is 10.0. The van der Waals surface area contributed by atoms with Gasteiger partial charge in [0.05, 0.1) is 0 Å². The minimum absolute atomic E-state index is 0.594. The maximum Gasteiger partial charge on any atom is 0.0208 e. The molecule has 84 valence electrons. The molecule has 0 radical (unpaired) electrons. The van der Waals surface area contributed by atoms with Crippen LogP contribution in [-0.2, 0) is 6.54 Å². The summed E-state index contributed by atoms with van der Waals surface area (Å²) in [5, 5.41) is 3.57. The van der Waals surface area contributed by atoms with Crippen molar-refractivity contribution >= 4 is 0 Å². The Balaban J connectivity index is 2.40. The first-order valence-electron chi connectivity index (χ1n) is 5.92. The highest BCUT2D eigenvalue weighted by molar-refractivity contribution is 5.21. The highest BCUT2D eigenvalue weighted by Gasteiger charge is 2.08. The van der Waals surface area contributed by atoms with Gasteiger partial charge in [0.25, 0.3) is 0 Å². The molecular weight excluding hydrogens is 182 g/mol. The van der Waals surface area contributed by atoms with Crippen LogP contribution in [0.15, 0.2) is 24.3 Å². The third-order valence-electron chi connectivity index (χ3n) is 3.25. The summed E-state index contributed by atoms with van der Waals surface area (Å²) in [5.74, 6) is 0.746. The normalized spacial score (nSPS) is 14.9. The van der Waals surface area contributed by atoms with Gasteiger partial charge in [0.1, 0.15) is 0 Å². The molecule has 0 heterocycles. The first kappa shape index (κ1) is 12.3. The Labute approximate surface area is 93.9 Å². The lowest BCUT2D eigenvalue weighted by Crippen LogP contribution is -2.31. The van der Waals surface area contributed by atoms with Crippen LogP contribution in [0.1, 0.15) is 38.3 Å².